The fraction of sp³-hybridized carbons (Fsp3) is 0.105. The van der Waals surface area contributed by atoms with Crippen molar-refractivity contribution in [1.82, 2.24) is 20.6 Å². The average molecular weight is 413 g/mol. The van der Waals surface area contributed by atoms with Crippen LogP contribution in [0, 0.1) is 13.8 Å². The van der Waals surface area contributed by atoms with Crippen molar-refractivity contribution in [2.24, 2.45) is 0 Å². The van der Waals surface area contributed by atoms with Gasteiger partial charge >= 0.3 is 0 Å². The molecule has 0 aliphatic heterocycles. The molecule has 0 unspecified atom stereocenters. The lowest BCUT2D eigenvalue weighted by Gasteiger charge is -2.08. The normalized spacial score (nSPS) is 10.4. The number of hydrazine groups is 1. The lowest BCUT2D eigenvalue weighted by Crippen LogP contribution is -2.41. The summed E-state index contributed by atoms with van der Waals surface area (Å²) in [5.74, 6) is -0.818. The van der Waals surface area contributed by atoms with Crippen molar-refractivity contribution in [2.75, 3.05) is 0 Å². The Bertz CT molecular complexity index is 964. The molecular formula is C19H17BrN4O2. The van der Waals surface area contributed by atoms with Crippen LogP contribution in [0.1, 0.15) is 32.0 Å². The number of benzene rings is 2. The van der Waals surface area contributed by atoms with E-state index in [1.165, 1.54) is 6.20 Å². The Kier molecular flexibility index (Phi) is 5.18. The van der Waals surface area contributed by atoms with E-state index < -0.39 is 11.8 Å². The molecule has 26 heavy (non-hydrogen) atoms. The van der Waals surface area contributed by atoms with Gasteiger partial charge < -0.3 is 0 Å². The highest BCUT2D eigenvalue weighted by atomic mass is 79.9. The fourth-order valence-corrected chi connectivity index (χ4v) is 2.77. The van der Waals surface area contributed by atoms with Gasteiger partial charge in [0, 0.05) is 10.0 Å². The van der Waals surface area contributed by atoms with Crippen molar-refractivity contribution >= 4 is 27.7 Å². The van der Waals surface area contributed by atoms with Crippen LogP contribution in [0.4, 0.5) is 0 Å². The Morgan fingerprint density at radius 2 is 1.69 bits per heavy atom. The van der Waals surface area contributed by atoms with E-state index in [0.717, 1.165) is 15.7 Å². The molecule has 0 fully saturated rings. The van der Waals surface area contributed by atoms with Gasteiger partial charge in [-0.25, -0.2) is 4.68 Å². The van der Waals surface area contributed by atoms with Gasteiger partial charge in [-0.1, -0.05) is 28.1 Å². The molecular weight excluding hydrogens is 396 g/mol. The summed E-state index contributed by atoms with van der Waals surface area (Å²) in [5, 5.41) is 4.28. The zero-order valence-electron chi connectivity index (χ0n) is 14.3. The van der Waals surface area contributed by atoms with E-state index in [4.69, 9.17) is 0 Å². The molecule has 6 nitrogen and oxygen atoms in total. The van der Waals surface area contributed by atoms with E-state index in [2.05, 4.69) is 31.9 Å². The maximum Gasteiger partial charge on any atom is 0.273 e. The lowest BCUT2D eigenvalue weighted by molar-refractivity contribution is 0.0846. The molecule has 2 aromatic carbocycles. The summed E-state index contributed by atoms with van der Waals surface area (Å²) in [7, 11) is 0. The first-order valence-corrected chi connectivity index (χ1v) is 8.73. The molecule has 0 saturated carbocycles. The van der Waals surface area contributed by atoms with Crippen molar-refractivity contribution in [3.63, 3.8) is 0 Å². The summed E-state index contributed by atoms with van der Waals surface area (Å²) in [5.41, 5.74) is 8.34. The third-order valence-electron chi connectivity index (χ3n) is 3.90. The molecule has 0 saturated heterocycles. The van der Waals surface area contributed by atoms with Gasteiger partial charge in [0.15, 0.2) is 0 Å². The Labute approximate surface area is 159 Å². The van der Waals surface area contributed by atoms with E-state index >= 15 is 0 Å². The number of aryl methyl sites for hydroxylation is 1. The summed E-state index contributed by atoms with van der Waals surface area (Å²) in [4.78, 5) is 24.5. The third kappa shape index (κ3) is 3.83. The zero-order chi connectivity index (χ0) is 18.7. The van der Waals surface area contributed by atoms with Gasteiger partial charge in [0.1, 0.15) is 0 Å². The molecule has 0 radical (unpaired) electrons. The minimum Gasteiger partial charge on any atom is -0.267 e. The topological polar surface area (TPSA) is 76.0 Å². The van der Waals surface area contributed by atoms with Crippen molar-refractivity contribution < 1.29 is 9.59 Å². The van der Waals surface area contributed by atoms with E-state index in [1.54, 1.807) is 35.9 Å². The fourth-order valence-electron chi connectivity index (χ4n) is 2.51. The Hall–Kier alpha value is -2.93. The standard InChI is InChI=1S/C19H17BrN4O2/c1-12-4-3-5-16(10-12)24-13(2)17(11-21-24)19(26)23-22-18(25)14-6-8-15(20)9-7-14/h3-11H,1-2H3,(H,22,25)(H,23,26). The van der Waals surface area contributed by atoms with Crippen LogP contribution in [-0.4, -0.2) is 21.6 Å². The minimum atomic E-state index is -0.424. The molecule has 132 valence electrons. The molecule has 0 spiro atoms. The summed E-state index contributed by atoms with van der Waals surface area (Å²) in [6.45, 7) is 3.80. The number of carbonyl (C=O) groups is 2. The second-order valence-corrected chi connectivity index (χ2v) is 6.73. The van der Waals surface area contributed by atoms with Crippen LogP contribution in [0.3, 0.4) is 0 Å². The minimum absolute atomic E-state index is 0.391. The smallest absolute Gasteiger partial charge is 0.267 e. The first-order chi connectivity index (χ1) is 12.5. The van der Waals surface area contributed by atoms with Gasteiger partial charge in [-0.2, -0.15) is 5.10 Å². The summed E-state index contributed by atoms with van der Waals surface area (Å²) < 4.78 is 2.57. The maximum absolute atomic E-state index is 12.4. The van der Waals surface area contributed by atoms with E-state index in [-0.39, 0.29) is 0 Å². The monoisotopic (exact) mass is 412 g/mol. The van der Waals surface area contributed by atoms with E-state index in [0.29, 0.717) is 16.8 Å². The van der Waals surface area contributed by atoms with Gasteiger partial charge in [0.05, 0.1) is 23.1 Å². The number of halogens is 1. The summed E-state index contributed by atoms with van der Waals surface area (Å²) in [6.07, 6.45) is 1.48. The average Bonchev–Trinajstić information content (AvgIpc) is 3.01. The summed E-state index contributed by atoms with van der Waals surface area (Å²) >= 11 is 3.31. The number of hydrogen-bond donors (Lipinski definition) is 2. The number of hydrogen-bond acceptors (Lipinski definition) is 3. The first kappa shape index (κ1) is 17.9. The van der Waals surface area contributed by atoms with Crippen LogP contribution in [-0.2, 0) is 0 Å². The molecule has 1 heterocycles. The van der Waals surface area contributed by atoms with Crippen LogP contribution < -0.4 is 10.9 Å². The van der Waals surface area contributed by atoms with Gasteiger partial charge in [-0.15, -0.1) is 0 Å². The Morgan fingerprint density at radius 1 is 1.00 bits per heavy atom. The molecule has 3 aromatic rings. The highest BCUT2D eigenvalue weighted by Crippen LogP contribution is 2.15. The predicted molar refractivity (Wildman–Crippen MR) is 102 cm³/mol. The van der Waals surface area contributed by atoms with Gasteiger partial charge in [0.2, 0.25) is 0 Å². The molecule has 3 rings (SSSR count). The molecule has 0 aliphatic carbocycles. The van der Waals surface area contributed by atoms with Crippen LogP contribution in [0.2, 0.25) is 0 Å². The Morgan fingerprint density at radius 3 is 2.38 bits per heavy atom. The molecule has 0 aliphatic rings. The van der Waals surface area contributed by atoms with Crippen LogP contribution in [0.25, 0.3) is 5.69 Å². The van der Waals surface area contributed by atoms with E-state index in [1.807, 2.05) is 31.2 Å². The zero-order valence-corrected chi connectivity index (χ0v) is 15.9. The van der Waals surface area contributed by atoms with Crippen LogP contribution >= 0.6 is 15.9 Å². The molecule has 1 aromatic heterocycles. The van der Waals surface area contributed by atoms with Crippen molar-refractivity contribution in [2.45, 2.75) is 13.8 Å². The number of carbonyl (C=O) groups excluding carboxylic acids is 2. The molecule has 2 N–H and O–H groups in total. The Balaban J connectivity index is 1.71. The second-order valence-electron chi connectivity index (χ2n) is 5.81. The predicted octanol–water partition coefficient (Wildman–Crippen LogP) is 3.33. The van der Waals surface area contributed by atoms with Crippen molar-refractivity contribution in [1.29, 1.82) is 0 Å². The lowest BCUT2D eigenvalue weighted by atomic mass is 10.2. The van der Waals surface area contributed by atoms with Gasteiger partial charge in [-0.3, -0.25) is 20.4 Å². The maximum atomic E-state index is 12.4. The summed E-state index contributed by atoms with van der Waals surface area (Å²) in [6, 6.07) is 14.7. The highest BCUT2D eigenvalue weighted by Gasteiger charge is 2.16. The van der Waals surface area contributed by atoms with Crippen molar-refractivity contribution in [3.8, 4) is 5.69 Å². The van der Waals surface area contributed by atoms with Crippen LogP contribution in [0.15, 0.2) is 59.2 Å². The number of rotatable bonds is 3. The second kappa shape index (κ2) is 7.53. The van der Waals surface area contributed by atoms with E-state index in [9.17, 15) is 9.59 Å². The van der Waals surface area contributed by atoms with Crippen LogP contribution in [0.5, 0.6) is 0 Å². The molecule has 7 heteroatoms. The molecule has 2 amide bonds. The number of nitrogens with zero attached hydrogens (tertiary/aromatic N) is 2. The SMILES string of the molecule is Cc1cccc(-n2ncc(C(=O)NNC(=O)c3ccc(Br)cc3)c2C)c1. The number of aromatic nitrogens is 2. The molecule has 0 atom stereocenters. The number of nitrogens with one attached hydrogen (secondary N) is 2. The third-order valence-corrected chi connectivity index (χ3v) is 4.43. The quantitative estimate of drug-likeness (QED) is 0.647. The van der Waals surface area contributed by atoms with Gasteiger partial charge in [0.25, 0.3) is 11.8 Å². The molecule has 0 bridgehead atoms. The first-order valence-electron chi connectivity index (χ1n) is 7.93. The largest absolute Gasteiger partial charge is 0.273 e. The number of amides is 2. The van der Waals surface area contributed by atoms with Gasteiger partial charge in [-0.05, 0) is 55.8 Å². The van der Waals surface area contributed by atoms with Crippen molar-refractivity contribution in [3.05, 3.63) is 81.6 Å². The highest BCUT2D eigenvalue weighted by molar-refractivity contribution is 9.10.